The molecule has 0 spiro atoms. The van der Waals surface area contributed by atoms with Crippen LogP contribution in [0.3, 0.4) is 0 Å². The Morgan fingerprint density at radius 2 is 2.12 bits per heavy atom. The molecule has 0 unspecified atom stereocenters. The normalized spacial score (nSPS) is 11.5. The second-order valence-corrected chi connectivity index (χ2v) is 5.02. The molecule has 1 heterocycles. The minimum Gasteiger partial charge on any atom is -0.496 e. The predicted molar refractivity (Wildman–Crippen MR) is 72.4 cm³/mol. The molecule has 3 nitrogen and oxygen atoms in total. The van der Waals surface area contributed by atoms with Gasteiger partial charge in [0.05, 0.1) is 12.0 Å². The van der Waals surface area contributed by atoms with Crippen LogP contribution in [0.15, 0.2) is 45.3 Å². The molecule has 1 aromatic carbocycles. The summed E-state index contributed by atoms with van der Waals surface area (Å²) in [5, 5.41) is 14.5. The fourth-order valence-corrected chi connectivity index (χ4v) is 3.08. The van der Waals surface area contributed by atoms with E-state index < -0.39 is 0 Å². The highest BCUT2D eigenvalue weighted by molar-refractivity contribution is 9.10. The van der Waals surface area contributed by atoms with Gasteiger partial charge in [0.2, 0.25) is 0 Å². The number of ether oxygens (including phenoxy) is 1. The van der Waals surface area contributed by atoms with Gasteiger partial charge in [0.15, 0.2) is 0 Å². The molecule has 1 aromatic heterocycles. The van der Waals surface area contributed by atoms with Crippen molar-refractivity contribution in [3.8, 4) is 5.75 Å². The summed E-state index contributed by atoms with van der Waals surface area (Å²) in [6.45, 7) is 0. The molecule has 5 heteroatoms. The second kappa shape index (κ2) is 5.33. The third-order valence-electron chi connectivity index (χ3n) is 2.29. The Balaban J connectivity index is 2.54. The van der Waals surface area contributed by atoms with E-state index >= 15 is 0 Å². The van der Waals surface area contributed by atoms with E-state index in [0.29, 0.717) is 11.5 Å². The van der Waals surface area contributed by atoms with Gasteiger partial charge in [-0.1, -0.05) is 17.3 Å². The lowest BCUT2D eigenvalue weighted by Gasteiger charge is -2.08. The number of para-hydroxylation sites is 1. The molecule has 1 N–H and O–H groups in total. The number of halogens is 1. The average Bonchev–Trinajstić information content (AvgIpc) is 2.78. The Kier molecular flexibility index (Phi) is 3.81. The second-order valence-electron chi connectivity index (χ2n) is 3.25. The molecule has 2 rings (SSSR count). The summed E-state index contributed by atoms with van der Waals surface area (Å²) in [7, 11) is 1.59. The fourth-order valence-electron chi connectivity index (χ4n) is 1.52. The molecule has 0 aliphatic carbocycles. The van der Waals surface area contributed by atoms with Crippen molar-refractivity contribution >= 4 is 33.0 Å². The third-order valence-corrected chi connectivity index (χ3v) is 4.14. The number of rotatable bonds is 3. The van der Waals surface area contributed by atoms with Gasteiger partial charge >= 0.3 is 0 Å². The topological polar surface area (TPSA) is 41.8 Å². The minimum absolute atomic E-state index is 0.504. The lowest BCUT2D eigenvalue weighted by atomic mass is 10.1. The van der Waals surface area contributed by atoms with Crippen LogP contribution in [0.25, 0.3) is 0 Å². The first-order valence-corrected chi connectivity index (χ1v) is 6.54. The summed E-state index contributed by atoms with van der Waals surface area (Å²) in [5.41, 5.74) is 1.27. The Labute approximate surface area is 111 Å². The van der Waals surface area contributed by atoms with Crippen molar-refractivity contribution in [3.05, 3.63) is 50.6 Å². The fraction of sp³-hybridized carbons (Fsp3) is 0.0833. The van der Waals surface area contributed by atoms with E-state index in [1.807, 2.05) is 35.7 Å². The van der Waals surface area contributed by atoms with Gasteiger partial charge < -0.3 is 9.94 Å². The van der Waals surface area contributed by atoms with Crippen LogP contribution in [-0.2, 0) is 0 Å². The Morgan fingerprint density at radius 3 is 2.71 bits per heavy atom. The predicted octanol–water partition coefficient (Wildman–Crippen LogP) is 3.75. The van der Waals surface area contributed by atoms with E-state index in [4.69, 9.17) is 4.74 Å². The standard InChI is InChI=1S/C12H10BrNO2S/c1-16-10-5-3-2-4-8(10)11(14-15)12-9(13)6-7-17-12/h2-7,15H,1H3. The van der Waals surface area contributed by atoms with Crippen molar-refractivity contribution in [1.29, 1.82) is 0 Å². The first kappa shape index (κ1) is 12.1. The maximum atomic E-state index is 9.21. The molecule has 0 atom stereocenters. The number of thiophene rings is 1. The quantitative estimate of drug-likeness (QED) is 0.533. The van der Waals surface area contributed by atoms with Gasteiger partial charge in [0.1, 0.15) is 11.5 Å². The summed E-state index contributed by atoms with van der Waals surface area (Å²) in [6.07, 6.45) is 0. The number of benzene rings is 1. The molecule has 0 saturated heterocycles. The molecule has 2 aromatic rings. The highest BCUT2D eigenvalue weighted by Crippen LogP contribution is 2.29. The van der Waals surface area contributed by atoms with Crippen LogP contribution in [0.5, 0.6) is 5.75 Å². The van der Waals surface area contributed by atoms with Gasteiger partial charge in [-0.3, -0.25) is 0 Å². The summed E-state index contributed by atoms with van der Waals surface area (Å²) in [5.74, 6) is 0.681. The van der Waals surface area contributed by atoms with Gasteiger partial charge in [-0.05, 0) is 39.5 Å². The lowest BCUT2D eigenvalue weighted by Crippen LogP contribution is -2.04. The summed E-state index contributed by atoms with van der Waals surface area (Å²) in [4.78, 5) is 0.872. The van der Waals surface area contributed by atoms with Crippen LogP contribution in [0, 0.1) is 0 Å². The van der Waals surface area contributed by atoms with E-state index in [2.05, 4.69) is 21.1 Å². The maximum Gasteiger partial charge on any atom is 0.131 e. The molecular formula is C12H10BrNO2S. The van der Waals surface area contributed by atoms with Crippen LogP contribution in [0.2, 0.25) is 0 Å². The number of hydrogen-bond acceptors (Lipinski definition) is 4. The highest BCUT2D eigenvalue weighted by Gasteiger charge is 2.16. The van der Waals surface area contributed by atoms with Crippen LogP contribution in [-0.4, -0.2) is 18.0 Å². The molecule has 0 aliphatic rings. The smallest absolute Gasteiger partial charge is 0.131 e. The summed E-state index contributed by atoms with van der Waals surface area (Å²) >= 11 is 4.93. The molecule has 0 amide bonds. The highest BCUT2D eigenvalue weighted by atomic mass is 79.9. The SMILES string of the molecule is COc1ccccc1C(=NO)c1sccc1Br. The zero-order chi connectivity index (χ0) is 12.3. The Morgan fingerprint density at radius 1 is 1.35 bits per heavy atom. The molecule has 0 fully saturated rings. The van der Waals surface area contributed by atoms with Crippen molar-refractivity contribution in [1.82, 2.24) is 0 Å². The van der Waals surface area contributed by atoms with Crippen LogP contribution in [0.1, 0.15) is 10.4 Å². The number of methoxy groups -OCH3 is 1. The van der Waals surface area contributed by atoms with Crippen molar-refractivity contribution in [3.63, 3.8) is 0 Å². The minimum atomic E-state index is 0.504. The summed E-state index contributed by atoms with van der Waals surface area (Å²) < 4.78 is 6.17. The molecule has 88 valence electrons. The van der Waals surface area contributed by atoms with Crippen molar-refractivity contribution in [2.24, 2.45) is 5.16 Å². The third kappa shape index (κ3) is 2.35. The maximum absolute atomic E-state index is 9.21. The largest absolute Gasteiger partial charge is 0.496 e. The van der Waals surface area contributed by atoms with Gasteiger partial charge in [-0.25, -0.2) is 0 Å². The van der Waals surface area contributed by atoms with Gasteiger partial charge in [-0.15, -0.1) is 11.3 Å². The van der Waals surface area contributed by atoms with E-state index in [1.54, 1.807) is 7.11 Å². The zero-order valence-electron chi connectivity index (χ0n) is 9.05. The monoisotopic (exact) mass is 311 g/mol. The number of oxime groups is 1. The van der Waals surface area contributed by atoms with E-state index in [1.165, 1.54) is 11.3 Å². The molecule has 0 saturated carbocycles. The van der Waals surface area contributed by atoms with Crippen molar-refractivity contribution < 1.29 is 9.94 Å². The van der Waals surface area contributed by atoms with Crippen molar-refractivity contribution in [2.45, 2.75) is 0 Å². The van der Waals surface area contributed by atoms with Crippen molar-refractivity contribution in [2.75, 3.05) is 7.11 Å². The van der Waals surface area contributed by atoms with Crippen LogP contribution < -0.4 is 4.74 Å². The Bertz CT molecular complexity index is 551. The van der Waals surface area contributed by atoms with Crippen LogP contribution in [0.4, 0.5) is 0 Å². The van der Waals surface area contributed by atoms with Gasteiger partial charge in [0.25, 0.3) is 0 Å². The average molecular weight is 312 g/mol. The zero-order valence-corrected chi connectivity index (χ0v) is 11.5. The van der Waals surface area contributed by atoms with E-state index in [-0.39, 0.29) is 0 Å². The number of hydrogen-bond donors (Lipinski definition) is 1. The van der Waals surface area contributed by atoms with Crippen LogP contribution >= 0.6 is 27.3 Å². The first-order valence-electron chi connectivity index (χ1n) is 4.86. The number of nitrogens with zero attached hydrogens (tertiary/aromatic N) is 1. The summed E-state index contributed by atoms with van der Waals surface area (Å²) in [6, 6.07) is 9.37. The van der Waals surface area contributed by atoms with Gasteiger partial charge in [-0.2, -0.15) is 0 Å². The van der Waals surface area contributed by atoms with Gasteiger partial charge in [0, 0.05) is 10.0 Å². The first-order chi connectivity index (χ1) is 8.27. The molecule has 0 radical (unpaired) electrons. The molecule has 0 bridgehead atoms. The molecular weight excluding hydrogens is 302 g/mol. The van der Waals surface area contributed by atoms with E-state index in [9.17, 15) is 5.21 Å². The Hall–Kier alpha value is -1.33. The molecule has 0 aliphatic heterocycles. The molecule has 17 heavy (non-hydrogen) atoms. The lowest BCUT2D eigenvalue weighted by molar-refractivity contribution is 0.319. The van der Waals surface area contributed by atoms with E-state index in [0.717, 1.165) is 14.9 Å².